The van der Waals surface area contributed by atoms with Crippen LogP contribution in [0.3, 0.4) is 0 Å². The number of carbonyl (C=O) groups excluding carboxylic acids is 1. The molecule has 1 N–H and O–H groups in total. The van der Waals surface area contributed by atoms with Gasteiger partial charge >= 0.3 is 5.97 Å². The number of anilines is 1. The first-order valence-electron chi connectivity index (χ1n) is 9.31. The van der Waals surface area contributed by atoms with Gasteiger partial charge in [0.25, 0.3) is 11.4 Å². The van der Waals surface area contributed by atoms with Gasteiger partial charge in [-0.15, -0.1) is 0 Å². The topological polar surface area (TPSA) is 134 Å². The Morgan fingerprint density at radius 2 is 1.89 bits per heavy atom. The second kappa shape index (κ2) is 12.6. The summed E-state index contributed by atoms with van der Waals surface area (Å²) in [6.45, 7) is 4.91. The third-order valence-electron chi connectivity index (χ3n) is 4.15. The average molecular weight is 397 g/mol. The summed E-state index contributed by atoms with van der Waals surface area (Å²) in [6, 6.07) is 3.39. The van der Waals surface area contributed by atoms with E-state index in [1.807, 2.05) is 6.92 Å². The van der Waals surface area contributed by atoms with Crippen molar-refractivity contribution < 1.29 is 24.1 Å². The Balaban J connectivity index is 2.32. The fourth-order valence-electron chi connectivity index (χ4n) is 2.55. The maximum Gasteiger partial charge on any atom is 0.308 e. The molecule has 0 aliphatic heterocycles. The summed E-state index contributed by atoms with van der Waals surface area (Å²) < 4.78 is 10.6. The molecule has 1 atom stereocenters. The van der Waals surface area contributed by atoms with Crippen molar-refractivity contribution in [2.45, 2.75) is 39.5 Å². The number of nitro groups is 2. The lowest BCUT2D eigenvalue weighted by atomic mass is 10.00. The lowest BCUT2D eigenvalue weighted by Gasteiger charge is -2.14. The molecular formula is C18H27N3O7. The molecule has 0 aliphatic rings. The van der Waals surface area contributed by atoms with Crippen LogP contribution in [0, 0.1) is 26.1 Å². The van der Waals surface area contributed by atoms with E-state index in [2.05, 4.69) is 12.2 Å². The molecule has 0 heterocycles. The SMILES string of the molecule is CCCCC(CC)C(=O)OCCOCCNc1ccc([N+](=O)[O-])cc1[N+](=O)[O-]. The molecule has 0 aliphatic carbocycles. The van der Waals surface area contributed by atoms with Crippen molar-refractivity contribution in [3.05, 3.63) is 38.4 Å². The molecule has 0 bridgehead atoms. The van der Waals surface area contributed by atoms with Gasteiger partial charge < -0.3 is 14.8 Å². The highest BCUT2D eigenvalue weighted by Gasteiger charge is 2.19. The molecule has 10 nitrogen and oxygen atoms in total. The van der Waals surface area contributed by atoms with Crippen molar-refractivity contribution in [2.24, 2.45) is 5.92 Å². The van der Waals surface area contributed by atoms with Gasteiger partial charge in [-0.1, -0.05) is 26.7 Å². The zero-order valence-corrected chi connectivity index (χ0v) is 16.2. The highest BCUT2D eigenvalue weighted by molar-refractivity contribution is 5.72. The minimum absolute atomic E-state index is 0.0793. The van der Waals surface area contributed by atoms with Crippen LogP contribution in [0.1, 0.15) is 39.5 Å². The van der Waals surface area contributed by atoms with E-state index in [0.29, 0.717) is 0 Å². The Morgan fingerprint density at radius 1 is 1.14 bits per heavy atom. The Bertz CT molecular complexity index is 667. The predicted octanol–water partition coefficient (Wildman–Crippen LogP) is 3.69. The maximum atomic E-state index is 11.9. The fourth-order valence-corrected chi connectivity index (χ4v) is 2.55. The van der Waals surface area contributed by atoms with Gasteiger partial charge in [0.1, 0.15) is 12.3 Å². The molecule has 28 heavy (non-hydrogen) atoms. The molecule has 1 rings (SSSR count). The lowest BCUT2D eigenvalue weighted by Crippen LogP contribution is -2.20. The summed E-state index contributed by atoms with van der Waals surface area (Å²) in [5.74, 6) is -0.288. The van der Waals surface area contributed by atoms with Gasteiger partial charge in [0, 0.05) is 12.6 Å². The highest BCUT2D eigenvalue weighted by atomic mass is 16.6. The lowest BCUT2D eigenvalue weighted by molar-refractivity contribution is -0.393. The molecule has 0 radical (unpaired) electrons. The number of ether oxygens (including phenoxy) is 2. The van der Waals surface area contributed by atoms with Crippen LogP contribution in [0.2, 0.25) is 0 Å². The van der Waals surface area contributed by atoms with Crippen molar-refractivity contribution >= 4 is 23.0 Å². The predicted molar refractivity (Wildman–Crippen MR) is 103 cm³/mol. The van der Waals surface area contributed by atoms with Gasteiger partial charge in [-0.25, -0.2) is 0 Å². The van der Waals surface area contributed by atoms with E-state index in [1.165, 1.54) is 12.1 Å². The summed E-state index contributed by atoms with van der Waals surface area (Å²) in [5.41, 5.74) is -0.548. The van der Waals surface area contributed by atoms with Gasteiger partial charge in [0.2, 0.25) is 0 Å². The van der Waals surface area contributed by atoms with Crippen LogP contribution in [0.25, 0.3) is 0 Å². The smallest absolute Gasteiger partial charge is 0.308 e. The van der Waals surface area contributed by atoms with Gasteiger partial charge in [0.15, 0.2) is 0 Å². The number of carbonyl (C=O) groups is 1. The van der Waals surface area contributed by atoms with Gasteiger partial charge in [0.05, 0.1) is 35.0 Å². The maximum absolute atomic E-state index is 11.9. The minimum atomic E-state index is -0.688. The molecule has 1 aromatic carbocycles. The van der Waals surface area contributed by atoms with E-state index in [9.17, 15) is 25.0 Å². The van der Waals surface area contributed by atoms with E-state index in [0.717, 1.165) is 31.7 Å². The van der Waals surface area contributed by atoms with Crippen molar-refractivity contribution in [3.8, 4) is 0 Å². The summed E-state index contributed by atoms with van der Waals surface area (Å²) >= 11 is 0. The van der Waals surface area contributed by atoms with Gasteiger partial charge in [-0.2, -0.15) is 0 Å². The summed E-state index contributed by atoms with van der Waals surface area (Å²) in [7, 11) is 0. The van der Waals surface area contributed by atoms with Crippen LogP contribution >= 0.6 is 0 Å². The molecule has 0 fully saturated rings. The van der Waals surface area contributed by atoms with Crippen molar-refractivity contribution in [1.29, 1.82) is 0 Å². The third-order valence-corrected chi connectivity index (χ3v) is 4.15. The zero-order chi connectivity index (χ0) is 20.9. The normalized spacial score (nSPS) is 11.6. The molecule has 0 amide bonds. The van der Waals surface area contributed by atoms with Crippen LogP contribution in [0.5, 0.6) is 0 Å². The molecule has 1 aromatic rings. The van der Waals surface area contributed by atoms with E-state index in [-0.39, 0.29) is 55.3 Å². The summed E-state index contributed by atoms with van der Waals surface area (Å²) in [6.07, 6.45) is 3.60. The quantitative estimate of drug-likeness (QED) is 0.217. The van der Waals surface area contributed by atoms with E-state index >= 15 is 0 Å². The molecular weight excluding hydrogens is 370 g/mol. The molecule has 1 unspecified atom stereocenters. The first-order valence-corrected chi connectivity index (χ1v) is 9.31. The fraction of sp³-hybridized carbons (Fsp3) is 0.611. The standard InChI is InChI=1S/C18H27N3O7/c1-3-5-6-14(4-2)18(22)28-12-11-27-10-9-19-16-8-7-15(20(23)24)13-17(16)21(25)26/h7-8,13-14,19H,3-6,9-12H2,1-2H3. The van der Waals surface area contributed by atoms with Crippen LogP contribution in [0.15, 0.2) is 18.2 Å². The van der Waals surface area contributed by atoms with Gasteiger partial charge in [-0.05, 0) is 18.9 Å². The van der Waals surface area contributed by atoms with Gasteiger partial charge in [-0.3, -0.25) is 25.0 Å². The molecule has 0 saturated carbocycles. The number of non-ortho nitro benzene ring substituents is 1. The van der Waals surface area contributed by atoms with Crippen LogP contribution in [0.4, 0.5) is 17.1 Å². The van der Waals surface area contributed by atoms with Crippen LogP contribution in [-0.4, -0.2) is 42.2 Å². The second-order valence-corrected chi connectivity index (χ2v) is 6.17. The van der Waals surface area contributed by atoms with E-state index < -0.39 is 9.85 Å². The van der Waals surface area contributed by atoms with Crippen molar-refractivity contribution in [3.63, 3.8) is 0 Å². The number of rotatable bonds is 14. The number of nitro benzene ring substituents is 2. The van der Waals surface area contributed by atoms with Crippen molar-refractivity contribution in [1.82, 2.24) is 0 Å². The molecule has 156 valence electrons. The van der Waals surface area contributed by atoms with Crippen molar-refractivity contribution in [2.75, 3.05) is 31.7 Å². The molecule has 0 spiro atoms. The molecule has 10 heteroatoms. The highest BCUT2D eigenvalue weighted by Crippen LogP contribution is 2.28. The number of hydrogen-bond donors (Lipinski definition) is 1. The Morgan fingerprint density at radius 3 is 2.50 bits per heavy atom. The molecule has 0 saturated heterocycles. The number of hydrogen-bond acceptors (Lipinski definition) is 8. The Hall–Kier alpha value is -2.75. The summed E-state index contributed by atoms with van der Waals surface area (Å²) in [4.78, 5) is 32.3. The Labute approximate surface area is 163 Å². The zero-order valence-electron chi connectivity index (χ0n) is 16.2. The number of esters is 1. The number of nitrogens with one attached hydrogen (secondary N) is 1. The van der Waals surface area contributed by atoms with Crippen LogP contribution in [-0.2, 0) is 14.3 Å². The van der Waals surface area contributed by atoms with E-state index in [4.69, 9.17) is 9.47 Å². The number of unbranched alkanes of at least 4 members (excludes halogenated alkanes) is 1. The largest absolute Gasteiger partial charge is 0.463 e. The van der Waals surface area contributed by atoms with E-state index in [1.54, 1.807) is 0 Å². The monoisotopic (exact) mass is 397 g/mol. The second-order valence-electron chi connectivity index (χ2n) is 6.17. The summed E-state index contributed by atoms with van der Waals surface area (Å²) in [5, 5.41) is 24.6. The third kappa shape index (κ3) is 7.87. The minimum Gasteiger partial charge on any atom is -0.463 e. The molecule has 0 aromatic heterocycles. The number of benzene rings is 1. The first kappa shape index (κ1) is 23.3. The first-order chi connectivity index (χ1) is 13.4. The van der Waals surface area contributed by atoms with Crippen LogP contribution < -0.4 is 5.32 Å². The Kier molecular flexibility index (Phi) is 10.5. The average Bonchev–Trinajstić information content (AvgIpc) is 2.67. The number of nitrogens with zero attached hydrogens (tertiary/aromatic N) is 2.